The second kappa shape index (κ2) is 5.32. The molecule has 0 aliphatic heterocycles. The number of aliphatic hydroxyl groups is 1. The van der Waals surface area contributed by atoms with Crippen LogP contribution in [0.5, 0.6) is 5.75 Å². The molecule has 4 nitrogen and oxygen atoms in total. The summed E-state index contributed by atoms with van der Waals surface area (Å²) >= 11 is 3.14. The van der Waals surface area contributed by atoms with Crippen LogP contribution in [0.3, 0.4) is 0 Å². The van der Waals surface area contributed by atoms with Crippen molar-refractivity contribution in [3.05, 3.63) is 28.2 Å². The molecule has 0 saturated carbocycles. The van der Waals surface area contributed by atoms with Crippen LogP contribution in [0.15, 0.2) is 22.7 Å². The van der Waals surface area contributed by atoms with Gasteiger partial charge < -0.3 is 15.1 Å². The van der Waals surface area contributed by atoms with E-state index in [2.05, 4.69) is 15.9 Å². The number of nitrogens with zero attached hydrogens (tertiary/aromatic N) is 1. The third-order valence-electron chi connectivity index (χ3n) is 2.08. The first-order valence-corrected chi connectivity index (χ1v) is 5.63. The number of hydrogen-bond donors (Lipinski definition) is 2. The number of aromatic hydroxyl groups is 1. The summed E-state index contributed by atoms with van der Waals surface area (Å²) in [5.74, 6) is -0.208. The highest BCUT2D eigenvalue weighted by Crippen LogP contribution is 2.24. The fourth-order valence-corrected chi connectivity index (χ4v) is 1.59. The van der Waals surface area contributed by atoms with Gasteiger partial charge in [0, 0.05) is 19.2 Å². The third kappa shape index (κ3) is 3.21. The molecule has 1 atom stereocenters. The van der Waals surface area contributed by atoms with Crippen LogP contribution < -0.4 is 0 Å². The molecule has 0 fully saturated rings. The van der Waals surface area contributed by atoms with Crippen molar-refractivity contribution in [2.75, 3.05) is 13.6 Å². The molecule has 0 aliphatic carbocycles. The Hall–Kier alpha value is -1.07. The van der Waals surface area contributed by atoms with E-state index >= 15 is 0 Å². The summed E-state index contributed by atoms with van der Waals surface area (Å²) in [5.41, 5.74) is 0.392. The highest BCUT2D eigenvalue weighted by Gasteiger charge is 2.14. The number of hydrogen-bond acceptors (Lipinski definition) is 3. The van der Waals surface area contributed by atoms with E-state index in [-0.39, 0.29) is 18.2 Å². The number of carbonyl (C=O) groups excluding carboxylic acids is 1. The van der Waals surface area contributed by atoms with Gasteiger partial charge in [-0.25, -0.2) is 0 Å². The van der Waals surface area contributed by atoms with Gasteiger partial charge in [-0.2, -0.15) is 0 Å². The molecule has 1 aromatic rings. The lowest BCUT2D eigenvalue weighted by molar-refractivity contribution is 0.0703. The van der Waals surface area contributed by atoms with Gasteiger partial charge in [0.2, 0.25) is 0 Å². The molecule has 0 spiro atoms. The third-order valence-corrected chi connectivity index (χ3v) is 2.75. The summed E-state index contributed by atoms with van der Waals surface area (Å²) in [5, 5.41) is 18.6. The second-order valence-corrected chi connectivity index (χ2v) is 4.56. The van der Waals surface area contributed by atoms with Crippen LogP contribution in [0.1, 0.15) is 17.3 Å². The van der Waals surface area contributed by atoms with Gasteiger partial charge >= 0.3 is 0 Å². The molecule has 0 radical (unpaired) electrons. The molecular formula is C11H14BrNO3. The Morgan fingerprint density at radius 1 is 1.56 bits per heavy atom. The molecule has 5 heteroatoms. The van der Waals surface area contributed by atoms with Crippen LogP contribution in [0.25, 0.3) is 0 Å². The molecular weight excluding hydrogens is 274 g/mol. The van der Waals surface area contributed by atoms with Gasteiger partial charge in [0.25, 0.3) is 5.91 Å². The van der Waals surface area contributed by atoms with Crippen LogP contribution >= 0.6 is 15.9 Å². The summed E-state index contributed by atoms with van der Waals surface area (Å²) in [7, 11) is 1.61. The Morgan fingerprint density at radius 2 is 2.19 bits per heavy atom. The van der Waals surface area contributed by atoms with E-state index < -0.39 is 6.10 Å². The average molecular weight is 288 g/mol. The molecule has 2 N–H and O–H groups in total. The predicted octanol–water partition coefficient (Wildman–Crippen LogP) is 1.61. The van der Waals surface area contributed by atoms with Crippen LogP contribution in [0, 0.1) is 0 Å². The number of halogens is 1. The van der Waals surface area contributed by atoms with E-state index in [4.69, 9.17) is 5.11 Å². The molecule has 1 unspecified atom stereocenters. The van der Waals surface area contributed by atoms with Crippen molar-refractivity contribution in [2.24, 2.45) is 0 Å². The van der Waals surface area contributed by atoms with Crippen molar-refractivity contribution < 1.29 is 15.0 Å². The SMILES string of the molecule is CC(O)CN(C)C(=O)c1ccc(Br)c(O)c1. The summed E-state index contributed by atoms with van der Waals surface area (Å²) in [4.78, 5) is 13.2. The minimum atomic E-state index is -0.571. The minimum absolute atomic E-state index is 0.0243. The Morgan fingerprint density at radius 3 is 2.69 bits per heavy atom. The average Bonchev–Trinajstić information content (AvgIpc) is 2.20. The van der Waals surface area contributed by atoms with E-state index in [1.807, 2.05) is 0 Å². The molecule has 0 aliphatic rings. The maximum atomic E-state index is 11.8. The van der Waals surface area contributed by atoms with Gasteiger partial charge in [-0.15, -0.1) is 0 Å². The molecule has 0 aromatic heterocycles. The number of phenolic OH excluding ortho intramolecular Hbond substituents is 1. The van der Waals surface area contributed by atoms with E-state index in [0.29, 0.717) is 10.0 Å². The first kappa shape index (κ1) is 13.0. The number of phenols is 1. The van der Waals surface area contributed by atoms with Gasteiger partial charge in [0.05, 0.1) is 10.6 Å². The van der Waals surface area contributed by atoms with Crippen molar-refractivity contribution >= 4 is 21.8 Å². The van der Waals surface area contributed by atoms with Crippen LogP contribution in [-0.2, 0) is 0 Å². The van der Waals surface area contributed by atoms with Crippen molar-refractivity contribution in [2.45, 2.75) is 13.0 Å². The normalized spacial score (nSPS) is 12.2. The topological polar surface area (TPSA) is 60.8 Å². The second-order valence-electron chi connectivity index (χ2n) is 3.70. The maximum Gasteiger partial charge on any atom is 0.253 e. The van der Waals surface area contributed by atoms with Crippen LogP contribution in [-0.4, -0.2) is 40.7 Å². The number of rotatable bonds is 3. The lowest BCUT2D eigenvalue weighted by Gasteiger charge is -2.18. The molecule has 16 heavy (non-hydrogen) atoms. The lowest BCUT2D eigenvalue weighted by Crippen LogP contribution is -2.32. The molecule has 1 amide bonds. The zero-order valence-corrected chi connectivity index (χ0v) is 10.7. The summed E-state index contributed by atoms with van der Waals surface area (Å²) in [6.45, 7) is 1.87. The van der Waals surface area contributed by atoms with Crippen LogP contribution in [0.2, 0.25) is 0 Å². The minimum Gasteiger partial charge on any atom is -0.507 e. The largest absolute Gasteiger partial charge is 0.507 e. The number of aliphatic hydroxyl groups excluding tert-OH is 1. The molecule has 1 aromatic carbocycles. The van der Waals surface area contributed by atoms with Gasteiger partial charge in [-0.3, -0.25) is 4.79 Å². The highest BCUT2D eigenvalue weighted by molar-refractivity contribution is 9.10. The quantitative estimate of drug-likeness (QED) is 0.888. The lowest BCUT2D eigenvalue weighted by atomic mass is 10.2. The fraction of sp³-hybridized carbons (Fsp3) is 0.364. The van der Waals surface area contributed by atoms with Gasteiger partial charge in [-0.1, -0.05) is 0 Å². The molecule has 0 heterocycles. The van der Waals surface area contributed by atoms with E-state index in [1.54, 1.807) is 26.1 Å². The summed E-state index contributed by atoms with van der Waals surface area (Å²) < 4.78 is 0.544. The predicted molar refractivity (Wildman–Crippen MR) is 64.4 cm³/mol. The zero-order valence-electron chi connectivity index (χ0n) is 9.14. The fourth-order valence-electron chi connectivity index (χ4n) is 1.35. The Labute approximate surface area is 103 Å². The van der Waals surface area contributed by atoms with Crippen molar-refractivity contribution in [1.82, 2.24) is 4.90 Å². The number of amides is 1. The van der Waals surface area contributed by atoms with Gasteiger partial charge in [-0.05, 0) is 41.1 Å². The molecule has 1 rings (SSSR count). The summed E-state index contributed by atoms with van der Waals surface area (Å²) in [6, 6.07) is 4.62. The standard InChI is InChI=1S/C11H14BrNO3/c1-7(14)6-13(2)11(16)8-3-4-9(12)10(15)5-8/h3-5,7,14-15H,6H2,1-2H3. The van der Waals surface area contributed by atoms with E-state index in [9.17, 15) is 9.90 Å². The Bertz CT molecular complexity index is 393. The number of likely N-dealkylation sites (N-methyl/N-ethyl adjacent to an activating group) is 1. The van der Waals surface area contributed by atoms with Crippen molar-refractivity contribution in [3.8, 4) is 5.75 Å². The number of benzene rings is 1. The summed E-state index contributed by atoms with van der Waals surface area (Å²) in [6.07, 6.45) is -0.571. The first-order valence-electron chi connectivity index (χ1n) is 4.84. The Kier molecular flexibility index (Phi) is 4.32. The maximum absolute atomic E-state index is 11.8. The first-order chi connectivity index (χ1) is 7.41. The number of carbonyl (C=O) groups is 1. The Balaban J connectivity index is 2.84. The van der Waals surface area contributed by atoms with Gasteiger partial charge in [0.15, 0.2) is 0 Å². The van der Waals surface area contributed by atoms with Crippen LogP contribution in [0.4, 0.5) is 0 Å². The zero-order chi connectivity index (χ0) is 12.3. The van der Waals surface area contributed by atoms with Crippen molar-refractivity contribution in [1.29, 1.82) is 0 Å². The highest BCUT2D eigenvalue weighted by atomic mass is 79.9. The molecule has 0 saturated heterocycles. The van der Waals surface area contributed by atoms with Gasteiger partial charge in [0.1, 0.15) is 5.75 Å². The smallest absolute Gasteiger partial charge is 0.253 e. The molecule has 88 valence electrons. The van der Waals surface area contributed by atoms with Crippen molar-refractivity contribution in [3.63, 3.8) is 0 Å². The van der Waals surface area contributed by atoms with E-state index in [0.717, 1.165) is 0 Å². The molecule has 0 bridgehead atoms. The van der Waals surface area contributed by atoms with E-state index in [1.165, 1.54) is 11.0 Å². The monoisotopic (exact) mass is 287 g/mol.